The molecule has 0 fully saturated rings. The molecule has 134 valence electrons. The molecule has 0 amide bonds. The second kappa shape index (κ2) is 8.71. The molecular weight excluding hydrogens is 328 g/mol. The second-order valence-electron chi connectivity index (χ2n) is 5.51. The lowest BCUT2D eigenvalue weighted by molar-refractivity contribution is 0.340. The van der Waals surface area contributed by atoms with Crippen molar-refractivity contribution in [2.45, 2.75) is 13.5 Å². The molecule has 0 radical (unpaired) electrons. The molecule has 0 aliphatic rings. The van der Waals surface area contributed by atoms with Gasteiger partial charge >= 0.3 is 0 Å². The van der Waals surface area contributed by atoms with Crippen molar-refractivity contribution in [3.05, 3.63) is 66.4 Å². The first-order valence-corrected chi connectivity index (χ1v) is 8.47. The summed E-state index contributed by atoms with van der Waals surface area (Å²) >= 11 is 0. The lowest BCUT2D eigenvalue weighted by Crippen LogP contribution is -2.06. The smallest absolute Gasteiger partial charge is 0.224 e. The molecular formula is C20H22N4O2. The van der Waals surface area contributed by atoms with Gasteiger partial charge in [-0.15, -0.1) is 0 Å². The van der Waals surface area contributed by atoms with E-state index in [1.165, 1.54) is 0 Å². The lowest BCUT2D eigenvalue weighted by Gasteiger charge is -2.11. The van der Waals surface area contributed by atoms with E-state index in [2.05, 4.69) is 20.6 Å². The van der Waals surface area contributed by atoms with Crippen molar-refractivity contribution in [1.82, 2.24) is 9.97 Å². The summed E-state index contributed by atoms with van der Waals surface area (Å²) in [7, 11) is 1.66. The minimum atomic E-state index is 0.548. The monoisotopic (exact) mass is 350 g/mol. The largest absolute Gasteiger partial charge is 0.496 e. The van der Waals surface area contributed by atoms with Crippen LogP contribution in [0.1, 0.15) is 12.5 Å². The third-order valence-corrected chi connectivity index (χ3v) is 3.72. The van der Waals surface area contributed by atoms with Gasteiger partial charge in [0.25, 0.3) is 0 Å². The number of para-hydroxylation sites is 1. The van der Waals surface area contributed by atoms with Crippen molar-refractivity contribution < 1.29 is 9.47 Å². The van der Waals surface area contributed by atoms with Crippen molar-refractivity contribution in [3.8, 4) is 11.5 Å². The second-order valence-corrected chi connectivity index (χ2v) is 5.51. The van der Waals surface area contributed by atoms with Gasteiger partial charge in [-0.2, -0.15) is 4.98 Å². The summed E-state index contributed by atoms with van der Waals surface area (Å²) in [6, 6.07) is 17.4. The molecule has 3 aromatic rings. The molecule has 0 saturated carbocycles. The molecule has 0 aliphatic carbocycles. The van der Waals surface area contributed by atoms with E-state index in [0.29, 0.717) is 24.9 Å². The normalized spacial score (nSPS) is 10.2. The maximum Gasteiger partial charge on any atom is 0.224 e. The van der Waals surface area contributed by atoms with E-state index < -0.39 is 0 Å². The van der Waals surface area contributed by atoms with E-state index in [1.54, 1.807) is 13.3 Å². The first kappa shape index (κ1) is 17.5. The molecule has 0 saturated heterocycles. The number of hydrogen-bond donors (Lipinski definition) is 2. The van der Waals surface area contributed by atoms with Crippen LogP contribution in [0, 0.1) is 0 Å². The van der Waals surface area contributed by atoms with Crippen LogP contribution < -0.4 is 20.1 Å². The van der Waals surface area contributed by atoms with Crippen LogP contribution in [0.5, 0.6) is 11.5 Å². The number of nitrogens with one attached hydrogen (secondary N) is 2. The van der Waals surface area contributed by atoms with Gasteiger partial charge in [0.2, 0.25) is 5.95 Å². The van der Waals surface area contributed by atoms with Gasteiger partial charge in [0.15, 0.2) is 0 Å². The maximum atomic E-state index is 5.45. The minimum absolute atomic E-state index is 0.548. The van der Waals surface area contributed by atoms with Crippen LogP contribution in [0.2, 0.25) is 0 Å². The number of methoxy groups -OCH3 is 1. The molecule has 26 heavy (non-hydrogen) atoms. The summed E-state index contributed by atoms with van der Waals surface area (Å²) in [6.07, 6.45) is 1.72. The van der Waals surface area contributed by atoms with Crippen molar-refractivity contribution in [2.24, 2.45) is 0 Å². The average molecular weight is 350 g/mol. The van der Waals surface area contributed by atoms with Crippen LogP contribution in [0.3, 0.4) is 0 Å². The van der Waals surface area contributed by atoms with Crippen LogP contribution in [-0.4, -0.2) is 23.7 Å². The number of anilines is 3. The molecule has 3 rings (SSSR count). The fourth-order valence-corrected chi connectivity index (χ4v) is 2.49. The van der Waals surface area contributed by atoms with E-state index in [1.807, 2.05) is 61.5 Å². The van der Waals surface area contributed by atoms with Gasteiger partial charge in [0.05, 0.1) is 13.7 Å². The zero-order chi connectivity index (χ0) is 18.2. The molecule has 0 aliphatic heterocycles. The zero-order valence-corrected chi connectivity index (χ0v) is 14.9. The van der Waals surface area contributed by atoms with Gasteiger partial charge in [-0.3, -0.25) is 0 Å². The molecule has 6 nitrogen and oxygen atoms in total. The van der Waals surface area contributed by atoms with E-state index in [9.17, 15) is 0 Å². The van der Waals surface area contributed by atoms with Crippen molar-refractivity contribution >= 4 is 17.5 Å². The molecule has 0 atom stereocenters. The number of hydrogen-bond acceptors (Lipinski definition) is 6. The predicted octanol–water partition coefficient (Wildman–Crippen LogP) is 4.24. The summed E-state index contributed by atoms with van der Waals surface area (Å²) in [6.45, 7) is 3.20. The SMILES string of the molecule is CCOc1ccc(Nc2ccnc(NCc3ccccc3OC)n2)cc1. The van der Waals surface area contributed by atoms with Crippen LogP contribution in [0.15, 0.2) is 60.8 Å². The fourth-order valence-electron chi connectivity index (χ4n) is 2.49. The Morgan fingerprint density at radius 1 is 1.00 bits per heavy atom. The van der Waals surface area contributed by atoms with Crippen LogP contribution in [-0.2, 0) is 6.54 Å². The first-order valence-electron chi connectivity index (χ1n) is 8.47. The minimum Gasteiger partial charge on any atom is -0.496 e. The highest BCUT2D eigenvalue weighted by Crippen LogP contribution is 2.20. The van der Waals surface area contributed by atoms with E-state index in [4.69, 9.17) is 9.47 Å². The van der Waals surface area contributed by atoms with Crippen molar-refractivity contribution in [1.29, 1.82) is 0 Å². The van der Waals surface area contributed by atoms with Crippen LogP contribution in [0.4, 0.5) is 17.5 Å². The molecule has 2 N–H and O–H groups in total. The van der Waals surface area contributed by atoms with Gasteiger partial charge in [-0.05, 0) is 43.3 Å². The number of nitrogens with zero attached hydrogens (tertiary/aromatic N) is 2. The lowest BCUT2D eigenvalue weighted by atomic mass is 10.2. The highest BCUT2D eigenvalue weighted by atomic mass is 16.5. The van der Waals surface area contributed by atoms with Crippen LogP contribution in [0.25, 0.3) is 0 Å². The summed E-state index contributed by atoms with van der Waals surface area (Å²) in [5.41, 5.74) is 1.98. The molecule has 2 aromatic carbocycles. The Morgan fingerprint density at radius 2 is 1.81 bits per heavy atom. The summed E-state index contributed by atoms with van der Waals surface area (Å²) < 4.78 is 10.8. The van der Waals surface area contributed by atoms with Gasteiger partial charge in [0, 0.05) is 24.0 Å². The highest BCUT2D eigenvalue weighted by molar-refractivity contribution is 5.57. The molecule has 0 unspecified atom stereocenters. The third-order valence-electron chi connectivity index (χ3n) is 3.72. The number of rotatable bonds is 8. The Labute approximate surface area is 153 Å². The topological polar surface area (TPSA) is 68.3 Å². The first-order chi connectivity index (χ1) is 12.8. The molecule has 1 aromatic heterocycles. The van der Waals surface area contributed by atoms with Crippen LogP contribution >= 0.6 is 0 Å². The quantitative estimate of drug-likeness (QED) is 0.633. The fraction of sp³-hybridized carbons (Fsp3) is 0.200. The van der Waals surface area contributed by atoms with E-state index in [0.717, 1.165) is 22.7 Å². The summed E-state index contributed by atoms with van der Waals surface area (Å²) in [4.78, 5) is 8.76. The van der Waals surface area contributed by atoms with Crippen molar-refractivity contribution in [3.63, 3.8) is 0 Å². The standard InChI is InChI=1S/C20H22N4O2/c1-3-26-17-10-8-16(9-11-17)23-19-12-13-21-20(24-19)22-14-15-6-4-5-7-18(15)25-2/h4-13H,3,14H2,1-2H3,(H2,21,22,23,24). The van der Waals surface area contributed by atoms with Gasteiger partial charge in [-0.25, -0.2) is 4.98 Å². The Kier molecular flexibility index (Phi) is 5.88. The van der Waals surface area contributed by atoms with E-state index in [-0.39, 0.29) is 0 Å². The van der Waals surface area contributed by atoms with Gasteiger partial charge < -0.3 is 20.1 Å². The average Bonchev–Trinajstić information content (AvgIpc) is 2.69. The molecule has 6 heteroatoms. The molecule has 1 heterocycles. The van der Waals surface area contributed by atoms with E-state index >= 15 is 0 Å². The number of aromatic nitrogens is 2. The number of benzene rings is 2. The summed E-state index contributed by atoms with van der Waals surface area (Å²) in [5, 5.41) is 6.49. The Morgan fingerprint density at radius 3 is 2.58 bits per heavy atom. The highest BCUT2D eigenvalue weighted by Gasteiger charge is 2.04. The van der Waals surface area contributed by atoms with Gasteiger partial charge in [-0.1, -0.05) is 18.2 Å². The predicted molar refractivity (Wildman–Crippen MR) is 103 cm³/mol. The molecule has 0 spiro atoms. The summed E-state index contributed by atoms with van der Waals surface area (Å²) in [5.74, 6) is 2.95. The van der Waals surface area contributed by atoms with Crippen molar-refractivity contribution in [2.75, 3.05) is 24.4 Å². The number of ether oxygens (including phenoxy) is 2. The zero-order valence-electron chi connectivity index (χ0n) is 14.9. The Bertz CT molecular complexity index is 837. The maximum absolute atomic E-state index is 5.45. The van der Waals surface area contributed by atoms with Gasteiger partial charge in [0.1, 0.15) is 17.3 Å². The Balaban J connectivity index is 1.64. The Hall–Kier alpha value is -3.28. The molecule has 0 bridgehead atoms. The third kappa shape index (κ3) is 4.63.